The van der Waals surface area contributed by atoms with E-state index in [9.17, 15) is 0 Å². The Morgan fingerprint density at radius 3 is 2.35 bits per heavy atom. The van der Waals surface area contributed by atoms with Gasteiger partial charge in [-0.3, -0.25) is 0 Å². The average Bonchev–Trinajstić information content (AvgIpc) is 2.39. The second kappa shape index (κ2) is 6.39. The van der Waals surface area contributed by atoms with Crippen LogP contribution in [0.1, 0.15) is 58.3 Å². The van der Waals surface area contributed by atoms with Gasteiger partial charge in [0.1, 0.15) is 0 Å². The predicted octanol–water partition coefficient (Wildman–Crippen LogP) is 4.20. The molecule has 0 aliphatic heterocycles. The van der Waals surface area contributed by atoms with E-state index in [4.69, 9.17) is 5.73 Å². The van der Waals surface area contributed by atoms with Gasteiger partial charge in [0, 0.05) is 0 Å². The molecule has 17 heavy (non-hydrogen) atoms. The number of allylic oxidation sites excluding steroid dienone is 4. The maximum absolute atomic E-state index is 5.74. The molecule has 0 radical (unpaired) electrons. The first-order valence-corrected chi connectivity index (χ1v) is 7.33. The van der Waals surface area contributed by atoms with Gasteiger partial charge < -0.3 is 5.73 Å². The van der Waals surface area contributed by atoms with Crippen molar-refractivity contribution in [2.24, 2.45) is 17.6 Å². The van der Waals surface area contributed by atoms with E-state index < -0.39 is 0 Å². The fraction of sp³-hybridized carbons (Fsp3) is 0.750. The van der Waals surface area contributed by atoms with Gasteiger partial charge in [0.05, 0.1) is 0 Å². The minimum absolute atomic E-state index is 0.825. The molecule has 0 aromatic carbocycles. The fourth-order valence-corrected chi connectivity index (χ4v) is 3.14. The van der Waals surface area contributed by atoms with Gasteiger partial charge in [-0.05, 0) is 63.8 Å². The molecule has 0 bridgehead atoms. The van der Waals surface area contributed by atoms with E-state index in [-0.39, 0.29) is 0 Å². The van der Waals surface area contributed by atoms with Crippen LogP contribution in [0.4, 0.5) is 0 Å². The highest BCUT2D eigenvalue weighted by molar-refractivity contribution is 5.22. The Bertz CT molecular complexity index is 293. The Labute approximate surface area is 106 Å². The fourth-order valence-electron chi connectivity index (χ4n) is 3.14. The van der Waals surface area contributed by atoms with Crippen LogP contribution in [0.2, 0.25) is 0 Å². The van der Waals surface area contributed by atoms with Crippen molar-refractivity contribution < 1.29 is 0 Å². The molecule has 0 amide bonds. The maximum Gasteiger partial charge on any atom is -0.00489 e. The molecule has 2 aliphatic carbocycles. The second-order valence-corrected chi connectivity index (χ2v) is 6.00. The van der Waals surface area contributed by atoms with Crippen LogP contribution in [0, 0.1) is 11.8 Å². The van der Waals surface area contributed by atoms with Crippen LogP contribution in [0.15, 0.2) is 23.3 Å². The molecule has 2 rings (SSSR count). The van der Waals surface area contributed by atoms with Crippen LogP contribution < -0.4 is 5.73 Å². The summed E-state index contributed by atoms with van der Waals surface area (Å²) < 4.78 is 0. The van der Waals surface area contributed by atoms with Gasteiger partial charge in [-0.2, -0.15) is 0 Å². The minimum Gasteiger partial charge on any atom is -0.330 e. The van der Waals surface area contributed by atoms with Crippen LogP contribution in [-0.2, 0) is 0 Å². The van der Waals surface area contributed by atoms with E-state index >= 15 is 0 Å². The van der Waals surface area contributed by atoms with Gasteiger partial charge in [0.15, 0.2) is 0 Å². The zero-order valence-corrected chi connectivity index (χ0v) is 11.3. The minimum atomic E-state index is 0.825. The smallest absolute Gasteiger partial charge is 0.00489 e. The van der Waals surface area contributed by atoms with Crippen molar-refractivity contribution in [2.75, 3.05) is 6.54 Å². The zero-order chi connectivity index (χ0) is 12.1. The van der Waals surface area contributed by atoms with Crippen molar-refractivity contribution in [1.82, 2.24) is 0 Å². The molecule has 2 aliphatic rings. The molecule has 1 fully saturated rings. The van der Waals surface area contributed by atoms with E-state index in [1.54, 1.807) is 5.57 Å². The van der Waals surface area contributed by atoms with Crippen molar-refractivity contribution >= 4 is 0 Å². The van der Waals surface area contributed by atoms with E-state index in [1.807, 2.05) is 0 Å². The third kappa shape index (κ3) is 3.99. The summed E-state index contributed by atoms with van der Waals surface area (Å²) in [6.07, 6.45) is 15.6. The van der Waals surface area contributed by atoms with E-state index in [2.05, 4.69) is 19.1 Å². The molecule has 0 heterocycles. The average molecular weight is 233 g/mol. The number of hydrogen-bond donors (Lipinski definition) is 1. The Morgan fingerprint density at radius 2 is 1.76 bits per heavy atom. The summed E-state index contributed by atoms with van der Waals surface area (Å²) in [5, 5.41) is 0. The van der Waals surface area contributed by atoms with Crippen LogP contribution in [0.25, 0.3) is 0 Å². The number of nitrogens with two attached hydrogens (primary N) is 1. The van der Waals surface area contributed by atoms with Gasteiger partial charge in [0.25, 0.3) is 0 Å². The lowest BCUT2D eigenvalue weighted by atomic mass is 9.79. The summed E-state index contributed by atoms with van der Waals surface area (Å²) in [5.74, 6) is 1.80. The van der Waals surface area contributed by atoms with Crippen molar-refractivity contribution in [1.29, 1.82) is 0 Å². The summed E-state index contributed by atoms with van der Waals surface area (Å²) >= 11 is 0. The predicted molar refractivity (Wildman–Crippen MR) is 74.8 cm³/mol. The Morgan fingerprint density at radius 1 is 1.06 bits per heavy atom. The quantitative estimate of drug-likeness (QED) is 0.774. The number of hydrogen-bond acceptors (Lipinski definition) is 1. The summed E-state index contributed by atoms with van der Waals surface area (Å²) in [4.78, 5) is 0. The molecule has 0 unspecified atom stereocenters. The molecule has 1 nitrogen and oxygen atoms in total. The first kappa shape index (κ1) is 12.9. The summed E-state index contributed by atoms with van der Waals surface area (Å²) in [6, 6.07) is 0. The van der Waals surface area contributed by atoms with Crippen LogP contribution in [-0.4, -0.2) is 6.54 Å². The highest BCUT2D eigenvalue weighted by Crippen LogP contribution is 2.33. The molecule has 0 aromatic rings. The van der Waals surface area contributed by atoms with E-state index in [1.165, 1.54) is 56.9 Å². The van der Waals surface area contributed by atoms with Crippen LogP contribution >= 0.6 is 0 Å². The topological polar surface area (TPSA) is 26.0 Å². The second-order valence-electron chi connectivity index (χ2n) is 6.00. The van der Waals surface area contributed by atoms with E-state index in [0.717, 1.165) is 18.4 Å². The molecule has 0 saturated heterocycles. The molecular formula is C16H27N. The molecule has 0 aromatic heterocycles. The summed E-state index contributed by atoms with van der Waals surface area (Å²) in [7, 11) is 0. The van der Waals surface area contributed by atoms with Crippen molar-refractivity contribution in [3.05, 3.63) is 23.3 Å². The zero-order valence-electron chi connectivity index (χ0n) is 11.3. The standard InChI is InChI=1S/C16H27N/c1-13-2-4-14(5-3-13)6-7-15-8-10-16(12-17)11-9-15/h2,4,15-16H,3,5-12,17H2,1H3. The Balaban J connectivity index is 1.69. The third-order valence-corrected chi connectivity index (χ3v) is 4.62. The molecule has 2 N–H and O–H groups in total. The van der Waals surface area contributed by atoms with Gasteiger partial charge in [0.2, 0.25) is 0 Å². The van der Waals surface area contributed by atoms with Crippen LogP contribution in [0.3, 0.4) is 0 Å². The molecule has 96 valence electrons. The highest BCUT2D eigenvalue weighted by atomic mass is 14.5. The van der Waals surface area contributed by atoms with Gasteiger partial charge in [-0.25, -0.2) is 0 Å². The maximum atomic E-state index is 5.74. The Hall–Kier alpha value is -0.560. The lowest BCUT2D eigenvalue weighted by Crippen LogP contribution is -2.21. The normalized spacial score (nSPS) is 29.8. The summed E-state index contributed by atoms with van der Waals surface area (Å²) in [6.45, 7) is 3.14. The SMILES string of the molecule is CC1=CC=C(CCC2CCC(CN)CC2)CC1. The van der Waals surface area contributed by atoms with Gasteiger partial charge in [-0.15, -0.1) is 0 Å². The van der Waals surface area contributed by atoms with E-state index in [0.29, 0.717) is 0 Å². The van der Waals surface area contributed by atoms with Crippen molar-refractivity contribution in [2.45, 2.75) is 58.3 Å². The molecule has 0 atom stereocenters. The summed E-state index contributed by atoms with van der Waals surface area (Å²) in [5.41, 5.74) is 8.95. The van der Waals surface area contributed by atoms with Crippen molar-refractivity contribution in [3.8, 4) is 0 Å². The van der Waals surface area contributed by atoms with Crippen molar-refractivity contribution in [3.63, 3.8) is 0 Å². The highest BCUT2D eigenvalue weighted by Gasteiger charge is 2.20. The Kier molecular flexibility index (Phi) is 4.85. The molecule has 0 spiro atoms. The lowest BCUT2D eigenvalue weighted by molar-refractivity contribution is 0.268. The van der Waals surface area contributed by atoms with Gasteiger partial charge >= 0.3 is 0 Å². The third-order valence-electron chi connectivity index (χ3n) is 4.62. The van der Waals surface area contributed by atoms with Crippen LogP contribution in [0.5, 0.6) is 0 Å². The molecular weight excluding hydrogens is 206 g/mol. The first-order valence-electron chi connectivity index (χ1n) is 7.33. The first-order chi connectivity index (χ1) is 8.28. The largest absolute Gasteiger partial charge is 0.330 e. The monoisotopic (exact) mass is 233 g/mol. The van der Waals surface area contributed by atoms with Gasteiger partial charge in [-0.1, -0.05) is 36.1 Å². The molecule has 1 saturated carbocycles. The molecule has 1 heteroatoms. The number of rotatable bonds is 4. The lowest BCUT2D eigenvalue weighted by Gasteiger charge is -2.28.